The molecule has 0 aliphatic rings. The number of sulfonamides is 1. The lowest BCUT2D eigenvalue weighted by Crippen LogP contribution is -2.33. The number of hydrogen-bond donors (Lipinski definition) is 1. The Morgan fingerprint density at radius 3 is 2.26 bits per heavy atom. The number of alkyl halides is 3. The van der Waals surface area contributed by atoms with E-state index in [9.17, 15) is 26.4 Å². The number of benzene rings is 2. The van der Waals surface area contributed by atoms with Crippen LogP contribution >= 0.6 is 11.6 Å². The van der Waals surface area contributed by atoms with Crippen molar-refractivity contribution in [2.45, 2.75) is 17.6 Å². The average Bonchev–Trinajstić information content (AvgIpc) is 2.61. The predicted octanol–water partition coefficient (Wildman–Crippen LogP) is 3.45. The lowest BCUT2D eigenvalue weighted by Gasteiger charge is -2.18. The van der Waals surface area contributed by atoms with E-state index in [1.54, 1.807) is 29.6 Å². The van der Waals surface area contributed by atoms with Gasteiger partial charge < -0.3 is 5.32 Å². The van der Waals surface area contributed by atoms with E-state index in [1.807, 2.05) is 0 Å². The highest BCUT2D eigenvalue weighted by molar-refractivity contribution is 7.89. The van der Waals surface area contributed by atoms with Crippen LogP contribution in [-0.2, 0) is 16.6 Å². The summed E-state index contributed by atoms with van der Waals surface area (Å²) >= 11 is 6.04. The molecule has 0 radical (unpaired) electrons. The van der Waals surface area contributed by atoms with Crippen LogP contribution in [0.2, 0.25) is 5.02 Å². The van der Waals surface area contributed by atoms with Crippen LogP contribution in [0.5, 0.6) is 0 Å². The third-order valence-corrected chi connectivity index (χ3v) is 5.81. The van der Waals surface area contributed by atoms with Crippen molar-refractivity contribution in [2.24, 2.45) is 0 Å². The molecule has 1 amide bonds. The molecule has 0 aliphatic heterocycles. The molecule has 0 saturated heterocycles. The van der Waals surface area contributed by atoms with Crippen molar-refractivity contribution in [1.82, 2.24) is 9.62 Å². The molecule has 0 spiro atoms. The van der Waals surface area contributed by atoms with Crippen LogP contribution in [0.1, 0.15) is 15.9 Å². The van der Waals surface area contributed by atoms with Crippen molar-refractivity contribution in [3.05, 3.63) is 64.7 Å². The first-order valence-corrected chi connectivity index (χ1v) is 9.47. The van der Waals surface area contributed by atoms with Gasteiger partial charge in [-0.3, -0.25) is 4.79 Å². The summed E-state index contributed by atoms with van der Waals surface area (Å²) in [6.07, 6.45) is -4.53. The summed E-state index contributed by atoms with van der Waals surface area (Å²) in [5.41, 5.74) is 0.542. The summed E-state index contributed by atoms with van der Waals surface area (Å²) in [4.78, 5) is 11.6. The van der Waals surface area contributed by atoms with Crippen LogP contribution in [-0.4, -0.2) is 38.4 Å². The summed E-state index contributed by atoms with van der Waals surface area (Å²) < 4.78 is 62.7. The number of hydrogen-bond acceptors (Lipinski definition) is 3. The Bertz CT molecular complexity index is 916. The first-order valence-electron chi connectivity index (χ1n) is 7.65. The van der Waals surface area contributed by atoms with E-state index in [1.165, 1.54) is 19.2 Å². The summed E-state index contributed by atoms with van der Waals surface area (Å²) in [6, 6.07) is 11.4. The van der Waals surface area contributed by atoms with Gasteiger partial charge in [0.05, 0.1) is 4.90 Å². The lowest BCUT2D eigenvalue weighted by molar-refractivity contribution is -0.123. The summed E-state index contributed by atoms with van der Waals surface area (Å²) in [7, 11) is -2.49. The molecule has 1 N–H and O–H groups in total. The Labute approximate surface area is 159 Å². The van der Waals surface area contributed by atoms with Gasteiger partial charge in [0.2, 0.25) is 10.0 Å². The quantitative estimate of drug-likeness (QED) is 0.778. The number of nitrogens with one attached hydrogen (secondary N) is 1. The Hall–Kier alpha value is -2.10. The van der Waals surface area contributed by atoms with E-state index in [2.05, 4.69) is 0 Å². The van der Waals surface area contributed by atoms with Gasteiger partial charge >= 0.3 is 6.18 Å². The Morgan fingerprint density at radius 1 is 1.11 bits per heavy atom. The lowest BCUT2D eigenvalue weighted by atomic mass is 10.2. The molecule has 0 bridgehead atoms. The van der Waals surface area contributed by atoms with Crippen LogP contribution in [0.3, 0.4) is 0 Å². The van der Waals surface area contributed by atoms with Gasteiger partial charge in [0.15, 0.2) is 0 Å². The van der Waals surface area contributed by atoms with E-state index in [0.29, 0.717) is 10.6 Å². The minimum atomic E-state index is -4.53. The molecule has 0 atom stereocenters. The van der Waals surface area contributed by atoms with Gasteiger partial charge in [-0.1, -0.05) is 29.8 Å². The van der Waals surface area contributed by atoms with Crippen LogP contribution in [0.4, 0.5) is 13.2 Å². The maximum Gasteiger partial charge on any atom is 0.405 e. The van der Waals surface area contributed by atoms with E-state index in [-0.39, 0.29) is 17.0 Å². The minimum Gasteiger partial charge on any atom is -0.343 e. The molecule has 2 aromatic carbocycles. The molecule has 0 aromatic heterocycles. The fraction of sp³-hybridized carbons (Fsp3) is 0.235. The zero-order valence-electron chi connectivity index (χ0n) is 14.1. The number of carbonyl (C=O) groups is 1. The fourth-order valence-electron chi connectivity index (χ4n) is 2.19. The van der Waals surface area contributed by atoms with Crippen LogP contribution in [0.15, 0.2) is 53.4 Å². The molecule has 2 rings (SSSR count). The highest BCUT2D eigenvalue weighted by atomic mass is 35.5. The van der Waals surface area contributed by atoms with Crippen molar-refractivity contribution in [3.8, 4) is 0 Å². The average molecular weight is 421 g/mol. The smallest absolute Gasteiger partial charge is 0.343 e. The molecule has 0 aliphatic carbocycles. The van der Waals surface area contributed by atoms with Crippen LogP contribution in [0.25, 0.3) is 0 Å². The largest absolute Gasteiger partial charge is 0.405 e. The third-order valence-electron chi connectivity index (χ3n) is 3.62. The van der Waals surface area contributed by atoms with Gasteiger partial charge in [0.1, 0.15) is 6.54 Å². The van der Waals surface area contributed by atoms with E-state index in [0.717, 1.165) is 16.4 Å². The van der Waals surface area contributed by atoms with Gasteiger partial charge in [-0.25, -0.2) is 8.42 Å². The summed E-state index contributed by atoms with van der Waals surface area (Å²) in [5.74, 6) is -0.944. The van der Waals surface area contributed by atoms with Gasteiger partial charge in [-0.15, -0.1) is 0 Å². The summed E-state index contributed by atoms with van der Waals surface area (Å²) in [5, 5.41) is 2.15. The maximum atomic E-state index is 12.6. The van der Waals surface area contributed by atoms with Crippen LogP contribution < -0.4 is 5.32 Å². The number of rotatable bonds is 6. The first kappa shape index (κ1) is 21.2. The molecule has 0 fully saturated rings. The standard InChI is InChI=1S/C17H16ClF3N2O3S/c1-23(10-13-4-2-3-5-15(13)18)27(25,26)14-8-6-12(7-9-14)16(24)22-11-17(19,20)21/h2-9H,10-11H2,1H3,(H,22,24). The Kier molecular flexibility index (Phi) is 6.50. The van der Waals surface area contributed by atoms with Crippen molar-refractivity contribution in [1.29, 1.82) is 0 Å². The highest BCUT2D eigenvalue weighted by Crippen LogP contribution is 2.21. The van der Waals surface area contributed by atoms with Crippen molar-refractivity contribution < 1.29 is 26.4 Å². The first-order chi connectivity index (χ1) is 12.5. The molecule has 27 heavy (non-hydrogen) atoms. The minimum absolute atomic E-state index is 0.0375. The topological polar surface area (TPSA) is 66.5 Å². The molecule has 10 heteroatoms. The maximum absolute atomic E-state index is 12.6. The zero-order valence-corrected chi connectivity index (χ0v) is 15.7. The molecule has 5 nitrogen and oxygen atoms in total. The highest BCUT2D eigenvalue weighted by Gasteiger charge is 2.28. The van der Waals surface area contributed by atoms with E-state index >= 15 is 0 Å². The third kappa shape index (κ3) is 5.69. The van der Waals surface area contributed by atoms with Crippen LogP contribution in [0, 0.1) is 0 Å². The van der Waals surface area contributed by atoms with Gasteiger partial charge in [0, 0.05) is 24.2 Å². The van der Waals surface area contributed by atoms with Crippen molar-refractivity contribution >= 4 is 27.5 Å². The molecule has 146 valence electrons. The number of nitrogens with zero attached hydrogens (tertiary/aromatic N) is 1. The van der Waals surface area contributed by atoms with E-state index in [4.69, 9.17) is 11.6 Å². The van der Waals surface area contributed by atoms with E-state index < -0.39 is 28.7 Å². The second kappa shape index (κ2) is 8.28. The molecular formula is C17H16ClF3N2O3S. The summed E-state index contributed by atoms with van der Waals surface area (Å²) in [6.45, 7) is -1.43. The van der Waals surface area contributed by atoms with Crippen molar-refractivity contribution in [3.63, 3.8) is 0 Å². The molecule has 0 unspecified atom stereocenters. The van der Waals surface area contributed by atoms with Gasteiger partial charge in [-0.05, 0) is 35.9 Å². The molecule has 2 aromatic rings. The Balaban J connectivity index is 2.12. The molecular weight excluding hydrogens is 405 g/mol. The second-order valence-electron chi connectivity index (χ2n) is 5.67. The van der Waals surface area contributed by atoms with Gasteiger partial charge in [-0.2, -0.15) is 17.5 Å². The van der Waals surface area contributed by atoms with Crippen molar-refractivity contribution in [2.75, 3.05) is 13.6 Å². The Morgan fingerprint density at radius 2 is 1.70 bits per heavy atom. The molecule has 0 heterocycles. The molecule has 0 saturated carbocycles. The monoisotopic (exact) mass is 420 g/mol. The fourth-order valence-corrected chi connectivity index (χ4v) is 3.54. The SMILES string of the molecule is CN(Cc1ccccc1Cl)S(=O)(=O)c1ccc(C(=O)NCC(F)(F)F)cc1. The number of carbonyl (C=O) groups excluding carboxylic acids is 1. The number of amides is 1. The number of halogens is 4. The van der Waals surface area contributed by atoms with Gasteiger partial charge in [0.25, 0.3) is 5.91 Å². The zero-order chi connectivity index (χ0) is 20.2. The predicted molar refractivity (Wildman–Crippen MR) is 94.9 cm³/mol. The normalized spacial score (nSPS) is 12.2. The second-order valence-corrected chi connectivity index (χ2v) is 8.13.